The summed E-state index contributed by atoms with van der Waals surface area (Å²) in [5, 5.41) is 10.1. The van der Waals surface area contributed by atoms with E-state index in [1.807, 2.05) is 24.3 Å². The first-order valence-electron chi connectivity index (χ1n) is 11.2. The van der Waals surface area contributed by atoms with Crippen LogP contribution in [0.25, 0.3) is 0 Å². The third kappa shape index (κ3) is 4.38. The first-order valence-corrected chi connectivity index (χ1v) is 11.6. The summed E-state index contributed by atoms with van der Waals surface area (Å²) < 4.78 is 0. The van der Waals surface area contributed by atoms with E-state index in [2.05, 4.69) is 46.2 Å². The number of carbonyl (C=O) groups is 1. The molecule has 32 heavy (non-hydrogen) atoms. The molecular weight excluding hydrogens is 420 g/mol. The second kappa shape index (κ2) is 8.97. The van der Waals surface area contributed by atoms with Gasteiger partial charge >= 0.3 is 5.97 Å². The van der Waals surface area contributed by atoms with Gasteiger partial charge in [0.1, 0.15) is 0 Å². The largest absolute Gasteiger partial charge is 0.478 e. The van der Waals surface area contributed by atoms with Gasteiger partial charge in [0, 0.05) is 42.9 Å². The molecule has 164 valence electrons. The summed E-state index contributed by atoms with van der Waals surface area (Å²) >= 11 is 6.05. The zero-order valence-corrected chi connectivity index (χ0v) is 18.8. The maximum Gasteiger partial charge on any atom is 0.335 e. The molecule has 0 aliphatic carbocycles. The summed E-state index contributed by atoms with van der Waals surface area (Å²) in [6, 6.07) is 22.9. The molecule has 5 heteroatoms. The quantitative estimate of drug-likeness (QED) is 0.580. The number of carboxylic acids is 1. The number of hydrogen-bond acceptors (Lipinski definition) is 3. The number of fused-ring (bicyclic) bond motifs is 3. The molecule has 3 aromatic carbocycles. The summed E-state index contributed by atoms with van der Waals surface area (Å²) in [6.07, 6.45) is 2.92. The van der Waals surface area contributed by atoms with Crippen LogP contribution in [-0.2, 0) is 19.4 Å². The SMILES string of the molecule is O=C(O)c1ccc2c(c1)CC[C@@H]1CN(Cc3ccccc3Cc3ccc(Cl)cc3)CCN21. The summed E-state index contributed by atoms with van der Waals surface area (Å²) in [7, 11) is 0. The standard InChI is InChI=1S/C27H27ClN2O2/c28-24-9-5-19(6-10-24)15-20-3-1-2-4-23(20)17-29-13-14-30-25(18-29)11-7-21-16-22(27(31)32)8-12-26(21)30/h1-6,8-10,12,16,25H,7,11,13-15,17-18H2,(H,31,32)/t25-/m1/s1. The van der Waals surface area contributed by atoms with E-state index in [1.54, 1.807) is 6.07 Å². The number of piperazine rings is 1. The molecule has 0 unspecified atom stereocenters. The molecule has 5 rings (SSSR count). The number of nitrogens with zero attached hydrogens (tertiary/aromatic N) is 2. The summed E-state index contributed by atoms with van der Waals surface area (Å²) in [5.41, 5.74) is 6.80. The first-order chi connectivity index (χ1) is 15.6. The third-order valence-corrected chi connectivity index (χ3v) is 7.02. The Morgan fingerprint density at radius 1 is 1.00 bits per heavy atom. The van der Waals surface area contributed by atoms with Crippen molar-refractivity contribution in [2.75, 3.05) is 24.5 Å². The van der Waals surface area contributed by atoms with Gasteiger partial charge < -0.3 is 10.0 Å². The molecule has 3 aromatic rings. The molecule has 0 spiro atoms. The van der Waals surface area contributed by atoms with Gasteiger partial charge in [0.05, 0.1) is 5.56 Å². The normalized spacial score (nSPS) is 18.2. The lowest BCUT2D eigenvalue weighted by atomic mass is 9.92. The maximum atomic E-state index is 11.3. The summed E-state index contributed by atoms with van der Waals surface area (Å²) in [5.74, 6) is -0.850. The highest BCUT2D eigenvalue weighted by Gasteiger charge is 2.32. The second-order valence-electron chi connectivity index (χ2n) is 8.84. The van der Waals surface area contributed by atoms with Crippen LogP contribution < -0.4 is 4.90 Å². The van der Waals surface area contributed by atoms with Crippen molar-refractivity contribution in [2.24, 2.45) is 0 Å². The number of aryl methyl sites for hydroxylation is 1. The monoisotopic (exact) mass is 446 g/mol. The first kappa shape index (κ1) is 21.0. The van der Waals surface area contributed by atoms with Crippen LogP contribution in [0.1, 0.15) is 39.0 Å². The Labute approximate surface area is 194 Å². The Kier molecular flexibility index (Phi) is 5.90. The molecule has 2 aliphatic heterocycles. The van der Waals surface area contributed by atoms with Crippen LogP contribution in [0.5, 0.6) is 0 Å². The van der Waals surface area contributed by atoms with Gasteiger partial charge in [-0.15, -0.1) is 0 Å². The van der Waals surface area contributed by atoms with Gasteiger partial charge in [0.2, 0.25) is 0 Å². The van der Waals surface area contributed by atoms with Gasteiger partial charge in [-0.2, -0.15) is 0 Å². The molecule has 0 bridgehead atoms. The zero-order chi connectivity index (χ0) is 22.1. The Morgan fingerprint density at radius 2 is 1.78 bits per heavy atom. The Morgan fingerprint density at radius 3 is 2.56 bits per heavy atom. The highest BCUT2D eigenvalue weighted by atomic mass is 35.5. The zero-order valence-electron chi connectivity index (χ0n) is 18.0. The fourth-order valence-corrected chi connectivity index (χ4v) is 5.22. The number of aromatic carboxylic acids is 1. The van der Waals surface area contributed by atoms with Crippen molar-refractivity contribution < 1.29 is 9.90 Å². The maximum absolute atomic E-state index is 11.3. The minimum atomic E-state index is -0.850. The summed E-state index contributed by atoms with van der Waals surface area (Å²) in [6.45, 7) is 3.98. The fourth-order valence-electron chi connectivity index (χ4n) is 5.10. The topological polar surface area (TPSA) is 43.8 Å². The molecule has 0 radical (unpaired) electrons. The van der Waals surface area contributed by atoms with Crippen LogP contribution in [0.2, 0.25) is 5.02 Å². The van der Waals surface area contributed by atoms with Crippen LogP contribution in [-0.4, -0.2) is 41.7 Å². The molecule has 0 amide bonds. The van der Waals surface area contributed by atoms with Crippen molar-refractivity contribution in [2.45, 2.75) is 31.8 Å². The fraction of sp³-hybridized carbons (Fsp3) is 0.296. The molecule has 1 atom stereocenters. The lowest BCUT2D eigenvalue weighted by Gasteiger charge is -2.46. The van der Waals surface area contributed by atoms with E-state index in [-0.39, 0.29) is 0 Å². The molecular formula is C27H27ClN2O2. The molecule has 1 saturated heterocycles. The van der Waals surface area contributed by atoms with Gasteiger partial charge in [0.15, 0.2) is 0 Å². The Balaban J connectivity index is 1.28. The lowest BCUT2D eigenvalue weighted by Crippen LogP contribution is -2.54. The number of rotatable bonds is 5. The Hall–Kier alpha value is -2.82. The van der Waals surface area contributed by atoms with Crippen molar-refractivity contribution in [3.8, 4) is 0 Å². The van der Waals surface area contributed by atoms with E-state index in [0.29, 0.717) is 11.6 Å². The number of carboxylic acid groups (broad SMARTS) is 1. The number of benzene rings is 3. The third-order valence-electron chi connectivity index (χ3n) is 6.77. The minimum absolute atomic E-state index is 0.387. The number of anilines is 1. The van der Waals surface area contributed by atoms with Crippen molar-refractivity contribution in [1.82, 2.24) is 4.90 Å². The van der Waals surface area contributed by atoms with Crippen molar-refractivity contribution >= 4 is 23.3 Å². The number of halogens is 1. The molecule has 1 fully saturated rings. The van der Waals surface area contributed by atoms with Gasteiger partial charge in [-0.05, 0) is 71.8 Å². The van der Waals surface area contributed by atoms with E-state index in [4.69, 9.17) is 11.6 Å². The van der Waals surface area contributed by atoms with E-state index in [1.165, 1.54) is 27.9 Å². The van der Waals surface area contributed by atoms with Crippen molar-refractivity contribution in [1.29, 1.82) is 0 Å². The van der Waals surface area contributed by atoms with E-state index in [9.17, 15) is 9.90 Å². The van der Waals surface area contributed by atoms with Crippen LogP contribution in [0.3, 0.4) is 0 Å². The predicted molar refractivity (Wildman–Crippen MR) is 129 cm³/mol. The molecule has 2 aliphatic rings. The summed E-state index contributed by atoms with van der Waals surface area (Å²) in [4.78, 5) is 16.4. The number of hydrogen-bond donors (Lipinski definition) is 1. The Bertz CT molecular complexity index is 1130. The highest BCUT2D eigenvalue weighted by molar-refractivity contribution is 6.30. The van der Waals surface area contributed by atoms with Gasteiger partial charge in [-0.3, -0.25) is 4.90 Å². The van der Waals surface area contributed by atoms with Gasteiger partial charge in [0.25, 0.3) is 0 Å². The van der Waals surface area contributed by atoms with E-state index >= 15 is 0 Å². The second-order valence-corrected chi connectivity index (χ2v) is 9.28. The average Bonchev–Trinajstić information content (AvgIpc) is 2.81. The lowest BCUT2D eigenvalue weighted by molar-refractivity contribution is 0.0696. The van der Waals surface area contributed by atoms with Crippen molar-refractivity contribution in [3.63, 3.8) is 0 Å². The average molecular weight is 447 g/mol. The van der Waals surface area contributed by atoms with Gasteiger partial charge in [-0.1, -0.05) is 48.0 Å². The smallest absolute Gasteiger partial charge is 0.335 e. The van der Waals surface area contributed by atoms with E-state index < -0.39 is 5.97 Å². The van der Waals surface area contributed by atoms with Crippen LogP contribution in [0.4, 0.5) is 5.69 Å². The van der Waals surface area contributed by atoms with Crippen LogP contribution in [0.15, 0.2) is 66.7 Å². The van der Waals surface area contributed by atoms with Crippen molar-refractivity contribution in [3.05, 3.63) is 99.6 Å². The molecule has 0 saturated carbocycles. The van der Waals surface area contributed by atoms with E-state index in [0.717, 1.165) is 50.5 Å². The molecule has 4 nitrogen and oxygen atoms in total. The minimum Gasteiger partial charge on any atom is -0.478 e. The molecule has 2 heterocycles. The molecule has 0 aromatic heterocycles. The van der Waals surface area contributed by atoms with Gasteiger partial charge in [-0.25, -0.2) is 4.79 Å². The van der Waals surface area contributed by atoms with Crippen LogP contribution >= 0.6 is 11.6 Å². The van der Waals surface area contributed by atoms with Crippen LogP contribution in [0, 0.1) is 0 Å². The predicted octanol–water partition coefficient (Wildman–Crippen LogP) is 5.27. The molecule has 1 N–H and O–H groups in total. The highest BCUT2D eigenvalue weighted by Crippen LogP contribution is 2.34.